The van der Waals surface area contributed by atoms with Gasteiger partial charge in [-0.3, -0.25) is 0 Å². The fourth-order valence-electron chi connectivity index (χ4n) is 10.3. The minimum atomic E-state index is -1.87. The molecule has 64 heavy (non-hydrogen) atoms. The van der Waals surface area contributed by atoms with Crippen molar-refractivity contribution in [2.45, 2.75) is 78.1 Å². The van der Waals surface area contributed by atoms with E-state index in [1.54, 1.807) is 0 Å². The van der Waals surface area contributed by atoms with E-state index < -0.39 is 8.07 Å². The van der Waals surface area contributed by atoms with Crippen LogP contribution in [0.2, 0.25) is 16.6 Å². The van der Waals surface area contributed by atoms with Gasteiger partial charge in [-0.15, -0.1) is 5.54 Å². The number of benzene rings is 5. The highest BCUT2D eigenvalue weighted by Gasteiger charge is 2.41. The highest BCUT2D eigenvalue weighted by molar-refractivity contribution is 6.90. The first-order valence-corrected chi connectivity index (χ1v) is 24.5. The van der Waals surface area contributed by atoms with E-state index in [4.69, 9.17) is 34.9 Å². The van der Waals surface area contributed by atoms with Crippen LogP contribution in [0.1, 0.15) is 67.0 Å². The number of hydrogen-bond acceptors (Lipinski definition) is 7. The van der Waals surface area contributed by atoms with E-state index in [0.29, 0.717) is 62.5 Å². The fourth-order valence-corrected chi connectivity index (χ4v) is 15.5. The molecule has 0 radical (unpaired) electrons. The first-order chi connectivity index (χ1) is 31.0. The summed E-state index contributed by atoms with van der Waals surface area (Å²) in [5.74, 6) is 6.78. The molecule has 0 unspecified atom stereocenters. The van der Waals surface area contributed by atoms with Crippen molar-refractivity contribution in [2.24, 2.45) is 0 Å². The maximum absolute atomic E-state index is 5.34. The Hall–Kier alpha value is -7.29. The van der Waals surface area contributed by atoms with Crippen molar-refractivity contribution >= 4 is 63.2 Å². The molecule has 0 saturated carbocycles. The predicted octanol–water partition coefficient (Wildman–Crippen LogP) is 13.0. The number of nitrogens with zero attached hydrogens (tertiary/aromatic N) is 8. The average Bonchev–Trinajstić information content (AvgIpc) is 4.09. The summed E-state index contributed by atoms with van der Waals surface area (Å²) in [6.07, 6.45) is 0. The smallest absolute Gasteiger partial charge is 0.164 e. The van der Waals surface area contributed by atoms with E-state index in [0.717, 1.165) is 71.8 Å². The highest BCUT2D eigenvalue weighted by Crippen LogP contribution is 2.42. The Balaban J connectivity index is 1.16. The van der Waals surface area contributed by atoms with Crippen molar-refractivity contribution in [3.05, 3.63) is 115 Å². The van der Waals surface area contributed by atoms with E-state index >= 15 is 0 Å². The number of nitrogens with one attached hydrogen (secondary N) is 2. The van der Waals surface area contributed by atoms with E-state index in [2.05, 4.69) is 124 Å². The molecule has 0 amide bonds. The van der Waals surface area contributed by atoms with E-state index in [-0.39, 0.29) is 6.04 Å². The molecule has 0 aliphatic carbocycles. The number of imidazole rings is 1. The minimum Gasteiger partial charge on any atom is -0.324 e. The van der Waals surface area contributed by atoms with Crippen LogP contribution in [0.5, 0.6) is 0 Å². The third kappa shape index (κ3) is 6.19. The van der Waals surface area contributed by atoms with Crippen molar-refractivity contribution in [1.29, 1.82) is 0 Å². The molecule has 11 heteroatoms. The van der Waals surface area contributed by atoms with Crippen LogP contribution >= 0.6 is 0 Å². The quantitative estimate of drug-likeness (QED) is 0.130. The van der Waals surface area contributed by atoms with Crippen molar-refractivity contribution in [1.82, 2.24) is 49.4 Å². The molecule has 0 fully saturated rings. The van der Waals surface area contributed by atoms with Gasteiger partial charge in [0.15, 0.2) is 23.3 Å². The summed E-state index contributed by atoms with van der Waals surface area (Å²) < 4.78 is 2.31. The minimum absolute atomic E-state index is 0.112. The van der Waals surface area contributed by atoms with E-state index in [1.165, 1.54) is 0 Å². The summed E-state index contributed by atoms with van der Waals surface area (Å²) >= 11 is 0. The zero-order valence-electron chi connectivity index (χ0n) is 37.3. The van der Waals surface area contributed by atoms with Crippen LogP contribution in [0.25, 0.3) is 112 Å². The molecular weight excluding hydrogens is 805 g/mol. The lowest BCUT2D eigenvalue weighted by molar-refractivity contribution is 0.624. The molecule has 0 atom stereocenters. The lowest BCUT2D eigenvalue weighted by Gasteiger charge is -2.38. The molecule has 2 aliphatic rings. The van der Waals surface area contributed by atoms with Gasteiger partial charge in [0.25, 0.3) is 0 Å². The monoisotopic (exact) mass is 852 g/mol. The van der Waals surface area contributed by atoms with Crippen molar-refractivity contribution in [3.8, 4) is 68.4 Å². The first kappa shape index (κ1) is 39.5. The molecule has 314 valence electrons. The van der Waals surface area contributed by atoms with Gasteiger partial charge < -0.3 is 14.5 Å². The third-order valence-electron chi connectivity index (χ3n) is 13.3. The van der Waals surface area contributed by atoms with E-state index in [1.807, 2.05) is 66.7 Å². The molecule has 4 aromatic heterocycles. The molecule has 2 N–H and O–H groups in total. The van der Waals surface area contributed by atoms with Gasteiger partial charge in [-0.1, -0.05) is 132 Å². The molecule has 5 aromatic carbocycles. The zero-order chi connectivity index (χ0) is 44.0. The van der Waals surface area contributed by atoms with Crippen LogP contribution in [0.15, 0.2) is 109 Å². The topological polar surface area (TPSA) is 127 Å². The summed E-state index contributed by atoms with van der Waals surface area (Å²) in [4.78, 5) is 43.5. The maximum Gasteiger partial charge on any atom is 0.164 e. The Labute approximate surface area is 372 Å². The molecule has 8 bridgehead atoms. The second-order valence-electron chi connectivity index (χ2n) is 18.3. The number of aromatic nitrogens is 10. The Morgan fingerprint density at radius 3 is 1.33 bits per heavy atom. The standard InChI is InChI=1S/C53H48N10Si/c1-29(2)63-44-28-42-41(27-43(44)54-53(63)34-23-21-33(22-24-34)25-26-64(30(3)4,31(5)6)32(7)8)51-60-49-39-19-13-11-17-37(39)47(58-49)56-45-35-15-9-10-16-36(35)46(55-45)57-48-38-18-12-14-20-40(38)50(59-48)61-52(42)62-51/h9-24,27-32H,1-8H3,(H2,55,56,57,58,59,60,61,62). The van der Waals surface area contributed by atoms with Crippen molar-refractivity contribution in [2.75, 3.05) is 0 Å². The maximum atomic E-state index is 5.34. The molecule has 10 nitrogen and oxygen atoms in total. The number of fused-ring (bicyclic) bond motifs is 21. The van der Waals surface area contributed by atoms with Gasteiger partial charge in [-0.25, -0.2) is 34.9 Å². The summed E-state index contributed by atoms with van der Waals surface area (Å²) in [7, 11) is -1.87. The molecule has 0 spiro atoms. The second kappa shape index (κ2) is 14.9. The zero-order valence-corrected chi connectivity index (χ0v) is 38.3. The van der Waals surface area contributed by atoms with Gasteiger partial charge in [0.2, 0.25) is 0 Å². The summed E-state index contributed by atoms with van der Waals surface area (Å²) in [6, 6.07) is 37.4. The van der Waals surface area contributed by atoms with Gasteiger partial charge >= 0.3 is 0 Å². The van der Waals surface area contributed by atoms with E-state index in [9.17, 15) is 0 Å². The molecule has 11 rings (SSSR count). The Morgan fingerprint density at radius 1 is 0.469 bits per heavy atom. The van der Waals surface area contributed by atoms with Crippen LogP contribution < -0.4 is 0 Å². The van der Waals surface area contributed by atoms with Crippen LogP contribution in [-0.2, 0) is 0 Å². The average molecular weight is 853 g/mol. The molecular formula is C53H48N10Si. The number of aromatic amines is 2. The van der Waals surface area contributed by atoms with Crippen molar-refractivity contribution < 1.29 is 0 Å². The number of hydrogen-bond donors (Lipinski definition) is 2. The van der Waals surface area contributed by atoms with Crippen molar-refractivity contribution in [3.63, 3.8) is 0 Å². The lowest BCUT2D eigenvalue weighted by atomic mass is 10.1. The highest BCUT2D eigenvalue weighted by atomic mass is 28.3. The molecule has 2 aliphatic heterocycles. The SMILES string of the molecule is CC(C)n1c(-c2ccc(C#C[Si](C(C)C)(C(C)C)C(C)C)cc2)nc2cc3c4nc5nc(nc6[nH]c(nc7nc(nc([nH]4)c3cc21)-c1ccccc1-7)c1ccccc61)-c1ccccc1-5. The first-order valence-electron chi connectivity index (χ1n) is 22.3. The predicted molar refractivity (Wildman–Crippen MR) is 263 cm³/mol. The van der Waals surface area contributed by atoms with Crippen LogP contribution in [-0.4, -0.2) is 57.5 Å². The normalized spacial score (nSPS) is 12.5. The van der Waals surface area contributed by atoms with Gasteiger partial charge in [-0.05, 0) is 54.7 Å². The van der Waals surface area contributed by atoms with Gasteiger partial charge in [-0.2, -0.15) is 0 Å². The second-order valence-corrected chi connectivity index (χ2v) is 23.8. The summed E-state index contributed by atoms with van der Waals surface area (Å²) in [5.41, 5.74) is 15.7. The number of rotatable bonds is 5. The van der Waals surface area contributed by atoms with Gasteiger partial charge in [0.05, 0.1) is 11.0 Å². The van der Waals surface area contributed by atoms with Crippen LogP contribution in [0, 0.1) is 11.5 Å². The molecule has 9 aromatic rings. The Kier molecular flexibility index (Phi) is 9.22. The lowest BCUT2D eigenvalue weighted by Crippen LogP contribution is -2.43. The summed E-state index contributed by atoms with van der Waals surface area (Å²) in [5, 5.41) is 3.65. The Morgan fingerprint density at radius 2 is 0.891 bits per heavy atom. The third-order valence-corrected chi connectivity index (χ3v) is 19.6. The van der Waals surface area contributed by atoms with Crippen LogP contribution in [0.3, 0.4) is 0 Å². The Bertz CT molecular complexity index is 3580. The largest absolute Gasteiger partial charge is 0.324 e. The van der Waals surface area contributed by atoms with Gasteiger partial charge in [0, 0.05) is 61.0 Å². The molecule has 0 saturated heterocycles. The van der Waals surface area contributed by atoms with Crippen LogP contribution in [0.4, 0.5) is 0 Å². The number of H-pyrrole nitrogens is 2. The summed E-state index contributed by atoms with van der Waals surface area (Å²) in [6.45, 7) is 18.5. The fraction of sp³-hybridized carbons (Fsp3) is 0.226. The van der Waals surface area contributed by atoms with Gasteiger partial charge in [0.1, 0.15) is 36.5 Å². The molecule has 6 heterocycles.